The van der Waals surface area contributed by atoms with Gasteiger partial charge >= 0.3 is 0 Å². The number of nitrogens with zero attached hydrogens (tertiary/aromatic N) is 2. The molecule has 132 valence electrons. The summed E-state index contributed by atoms with van der Waals surface area (Å²) in [5.41, 5.74) is 0.651. The number of carbonyl (C=O) groups is 1. The molecule has 2 fully saturated rings. The minimum Gasteiger partial charge on any atom is -0.390 e. The molecule has 1 aliphatic heterocycles. The second kappa shape index (κ2) is 6.16. The van der Waals surface area contributed by atoms with Crippen LogP contribution in [-0.2, 0) is 0 Å². The molecule has 1 amide bonds. The van der Waals surface area contributed by atoms with Gasteiger partial charge in [0.1, 0.15) is 5.69 Å². The van der Waals surface area contributed by atoms with E-state index in [9.17, 15) is 19.8 Å². The summed E-state index contributed by atoms with van der Waals surface area (Å²) in [6.07, 6.45) is -0.403. The lowest BCUT2D eigenvalue weighted by Gasteiger charge is -2.31. The summed E-state index contributed by atoms with van der Waals surface area (Å²) in [4.78, 5) is 26.7. The second-order valence-corrected chi connectivity index (χ2v) is 7.02. The van der Waals surface area contributed by atoms with Gasteiger partial charge in [0.2, 0.25) is 0 Å². The molecule has 1 aromatic carbocycles. The fourth-order valence-electron chi connectivity index (χ4n) is 4.02. The summed E-state index contributed by atoms with van der Waals surface area (Å²) in [5, 5.41) is 22.5. The van der Waals surface area contributed by atoms with Crippen molar-refractivity contribution in [3.63, 3.8) is 0 Å². The highest BCUT2D eigenvalue weighted by Gasteiger charge is 2.42. The Morgan fingerprint density at radius 3 is 2.24 bits per heavy atom. The van der Waals surface area contributed by atoms with Crippen molar-refractivity contribution in [2.24, 2.45) is 11.8 Å². The average molecular weight is 343 g/mol. The van der Waals surface area contributed by atoms with E-state index in [1.54, 1.807) is 17.0 Å². The Balaban J connectivity index is 1.54. The van der Waals surface area contributed by atoms with Crippen molar-refractivity contribution >= 4 is 5.91 Å². The fourth-order valence-corrected chi connectivity index (χ4v) is 4.02. The average Bonchev–Trinajstić information content (AvgIpc) is 3.19. The molecule has 3 N–H and O–H groups in total. The minimum atomic E-state index is -0.713. The standard InChI is InChI=1S/C18H21N3O4/c22-15-6-11-9-20(10-12(11)7-16(15)23)18(25)14-8-17(24)21(19-14)13-4-2-1-3-5-13/h1-5,8,11-12,15-16,19,22-23H,6-7,9-10H2/t11-,12+,15+,16-. The van der Waals surface area contributed by atoms with Crippen molar-refractivity contribution in [1.82, 2.24) is 14.7 Å². The number of fused-ring (bicyclic) bond motifs is 1. The molecule has 1 saturated carbocycles. The largest absolute Gasteiger partial charge is 0.390 e. The van der Waals surface area contributed by atoms with Gasteiger partial charge < -0.3 is 15.1 Å². The lowest BCUT2D eigenvalue weighted by Crippen LogP contribution is -2.38. The quantitative estimate of drug-likeness (QED) is 0.734. The summed E-state index contributed by atoms with van der Waals surface area (Å²) < 4.78 is 1.35. The highest BCUT2D eigenvalue weighted by molar-refractivity contribution is 5.92. The molecule has 1 aliphatic carbocycles. The molecule has 2 aromatic rings. The van der Waals surface area contributed by atoms with E-state index in [2.05, 4.69) is 5.10 Å². The van der Waals surface area contributed by atoms with E-state index in [0.29, 0.717) is 31.6 Å². The number of carbonyl (C=O) groups excluding carboxylic acids is 1. The lowest BCUT2D eigenvalue weighted by molar-refractivity contribution is -0.0372. The van der Waals surface area contributed by atoms with Crippen LogP contribution in [0.25, 0.3) is 5.69 Å². The number of aliphatic hydroxyl groups excluding tert-OH is 2. The van der Waals surface area contributed by atoms with Crippen molar-refractivity contribution < 1.29 is 15.0 Å². The van der Waals surface area contributed by atoms with Gasteiger partial charge in [-0.25, -0.2) is 4.68 Å². The highest BCUT2D eigenvalue weighted by atomic mass is 16.3. The number of hydrogen-bond donors (Lipinski definition) is 3. The predicted octanol–water partition coefficient (Wildman–Crippen LogP) is 0.369. The van der Waals surface area contributed by atoms with Crippen LogP contribution in [0.3, 0.4) is 0 Å². The van der Waals surface area contributed by atoms with Crippen molar-refractivity contribution in [3.05, 3.63) is 52.4 Å². The van der Waals surface area contributed by atoms with Gasteiger partial charge in [0.25, 0.3) is 11.5 Å². The molecular weight excluding hydrogens is 322 g/mol. The first-order valence-electron chi connectivity index (χ1n) is 8.56. The molecule has 0 spiro atoms. The van der Waals surface area contributed by atoms with Gasteiger partial charge in [-0.05, 0) is 36.8 Å². The maximum absolute atomic E-state index is 12.8. The van der Waals surface area contributed by atoms with Crippen LogP contribution in [0.5, 0.6) is 0 Å². The molecule has 0 unspecified atom stereocenters. The Bertz CT molecular complexity index is 810. The Morgan fingerprint density at radius 1 is 1.04 bits per heavy atom. The van der Waals surface area contributed by atoms with Crippen LogP contribution in [0.1, 0.15) is 23.3 Å². The van der Waals surface area contributed by atoms with Crippen molar-refractivity contribution in [3.8, 4) is 5.69 Å². The molecule has 2 aliphatic rings. The summed E-state index contributed by atoms with van der Waals surface area (Å²) >= 11 is 0. The number of aromatic amines is 1. The van der Waals surface area contributed by atoms with Crippen LogP contribution >= 0.6 is 0 Å². The number of amides is 1. The zero-order chi connectivity index (χ0) is 17.6. The topological polar surface area (TPSA) is 98.6 Å². The lowest BCUT2D eigenvalue weighted by atomic mass is 9.79. The number of nitrogens with one attached hydrogen (secondary N) is 1. The summed E-state index contributed by atoms with van der Waals surface area (Å²) in [5.74, 6) is 0.181. The van der Waals surface area contributed by atoms with Crippen molar-refractivity contribution in [2.75, 3.05) is 13.1 Å². The van der Waals surface area contributed by atoms with Crippen molar-refractivity contribution in [1.29, 1.82) is 0 Å². The van der Waals surface area contributed by atoms with Crippen LogP contribution in [-0.4, -0.2) is 56.1 Å². The maximum Gasteiger partial charge on any atom is 0.271 e. The molecule has 2 heterocycles. The second-order valence-electron chi connectivity index (χ2n) is 7.02. The first-order chi connectivity index (χ1) is 12.0. The zero-order valence-corrected chi connectivity index (χ0v) is 13.7. The highest BCUT2D eigenvalue weighted by Crippen LogP contribution is 2.36. The first-order valence-corrected chi connectivity index (χ1v) is 8.56. The number of likely N-dealkylation sites (tertiary alicyclic amines) is 1. The van der Waals surface area contributed by atoms with E-state index < -0.39 is 12.2 Å². The summed E-state index contributed by atoms with van der Waals surface area (Å²) in [6.45, 7) is 1.09. The van der Waals surface area contributed by atoms with Crippen molar-refractivity contribution in [2.45, 2.75) is 25.0 Å². The Hall–Kier alpha value is -2.38. The molecule has 0 radical (unpaired) electrons. The van der Waals surface area contributed by atoms with E-state index in [1.807, 2.05) is 18.2 Å². The van der Waals surface area contributed by atoms with Crippen LogP contribution in [0.4, 0.5) is 0 Å². The molecule has 7 nitrogen and oxygen atoms in total. The normalized spacial score (nSPS) is 28.8. The van der Waals surface area contributed by atoms with Gasteiger partial charge in [-0.3, -0.25) is 14.7 Å². The van der Waals surface area contributed by atoms with Crippen LogP contribution in [0.2, 0.25) is 0 Å². The van der Waals surface area contributed by atoms with Crippen LogP contribution in [0, 0.1) is 11.8 Å². The smallest absolute Gasteiger partial charge is 0.271 e. The number of hydrogen-bond acceptors (Lipinski definition) is 4. The van der Waals surface area contributed by atoms with Gasteiger partial charge in [0.15, 0.2) is 0 Å². The van der Waals surface area contributed by atoms with E-state index in [4.69, 9.17) is 0 Å². The minimum absolute atomic E-state index is 0.199. The van der Waals surface area contributed by atoms with Gasteiger partial charge in [0.05, 0.1) is 17.9 Å². The number of aromatic nitrogens is 2. The van der Waals surface area contributed by atoms with Gasteiger partial charge in [-0.1, -0.05) is 18.2 Å². The third-order valence-electron chi connectivity index (χ3n) is 5.36. The van der Waals surface area contributed by atoms with Gasteiger partial charge in [0, 0.05) is 19.2 Å². The van der Waals surface area contributed by atoms with E-state index in [1.165, 1.54) is 10.7 Å². The van der Waals surface area contributed by atoms with Crippen LogP contribution < -0.4 is 5.56 Å². The third-order valence-corrected chi connectivity index (χ3v) is 5.36. The van der Waals surface area contributed by atoms with E-state index in [-0.39, 0.29) is 29.0 Å². The van der Waals surface area contributed by atoms with Gasteiger partial charge in [-0.15, -0.1) is 0 Å². The number of rotatable bonds is 2. The SMILES string of the molecule is O=C(c1cc(=O)n(-c2ccccc2)[nH]1)N1C[C@H]2C[C@H](O)[C@H](O)C[C@H]2C1. The fraction of sp³-hybridized carbons (Fsp3) is 0.444. The third kappa shape index (κ3) is 2.89. The van der Waals surface area contributed by atoms with Gasteiger partial charge in [-0.2, -0.15) is 0 Å². The number of benzene rings is 1. The van der Waals surface area contributed by atoms with Crippen LogP contribution in [0.15, 0.2) is 41.2 Å². The Labute approximate surface area is 144 Å². The van der Waals surface area contributed by atoms with E-state index in [0.717, 1.165) is 0 Å². The molecule has 4 rings (SSSR count). The summed E-state index contributed by atoms with van der Waals surface area (Å²) in [7, 11) is 0. The number of H-pyrrole nitrogens is 1. The molecular formula is C18H21N3O4. The molecule has 7 heteroatoms. The van der Waals surface area contributed by atoms with E-state index >= 15 is 0 Å². The maximum atomic E-state index is 12.8. The number of aliphatic hydroxyl groups is 2. The molecule has 4 atom stereocenters. The predicted molar refractivity (Wildman–Crippen MR) is 90.5 cm³/mol. The number of para-hydroxylation sites is 1. The molecule has 1 aromatic heterocycles. The zero-order valence-electron chi connectivity index (χ0n) is 13.7. The monoisotopic (exact) mass is 343 g/mol. The molecule has 0 bridgehead atoms. The summed E-state index contributed by atoms with van der Waals surface area (Å²) in [6, 6.07) is 10.4. The Morgan fingerprint density at radius 2 is 1.64 bits per heavy atom. The molecule has 25 heavy (non-hydrogen) atoms. The molecule has 1 saturated heterocycles. The first kappa shape index (κ1) is 16.1. The Kier molecular flexibility index (Phi) is 3.97.